The summed E-state index contributed by atoms with van der Waals surface area (Å²) in [7, 11) is 2.66. The zero-order valence-electron chi connectivity index (χ0n) is 18.3. The van der Waals surface area contributed by atoms with Crippen LogP contribution in [0.4, 0.5) is 17.6 Å². The minimum Gasteiger partial charge on any atom is -0.495 e. The molecule has 1 fully saturated rings. The molecule has 0 saturated heterocycles. The van der Waals surface area contributed by atoms with Crippen LogP contribution in [0.5, 0.6) is 11.5 Å². The third-order valence-corrected chi connectivity index (χ3v) is 6.33. The van der Waals surface area contributed by atoms with Gasteiger partial charge in [0.2, 0.25) is 0 Å². The number of nitrogens with one attached hydrogen (secondary N) is 1. The van der Waals surface area contributed by atoms with Gasteiger partial charge in [0, 0.05) is 11.1 Å². The highest BCUT2D eigenvalue weighted by Crippen LogP contribution is 2.42. The van der Waals surface area contributed by atoms with E-state index in [1.165, 1.54) is 26.4 Å². The van der Waals surface area contributed by atoms with Crippen molar-refractivity contribution in [3.8, 4) is 22.6 Å². The van der Waals surface area contributed by atoms with Gasteiger partial charge < -0.3 is 19.9 Å². The molecule has 0 radical (unpaired) electrons. The topological polar surface area (TPSA) is 84.9 Å². The fraction of sp³-hybridized carbons (Fsp3) is 0.391. The molecule has 2 aromatic carbocycles. The lowest BCUT2D eigenvalue weighted by Gasteiger charge is -2.38. The van der Waals surface area contributed by atoms with E-state index in [1.54, 1.807) is 12.1 Å². The van der Waals surface area contributed by atoms with E-state index in [1.807, 2.05) is 0 Å². The predicted octanol–water partition coefficient (Wildman–Crippen LogP) is 5.47. The normalized spacial score (nSPS) is 20.5. The molecule has 0 aliphatic heterocycles. The number of halogens is 5. The van der Waals surface area contributed by atoms with Crippen LogP contribution in [0.15, 0.2) is 30.3 Å². The van der Waals surface area contributed by atoms with Crippen LogP contribution in [0.1, 0.15) is 36.0 Å². The minimum atomic E-state index is -4.44. The zero-order valence-corrected chi connectivity index (χ0v) is 19.0. The average molecular weight is 504 g/mol. The average Bonchev–Trinajstić information content (AvgIpc) is 2.78. The van der Waals surface area contributed by atoms with Gasteiger partial charge in [0.1, 0.15) is 11.3 Å². The van der Waals surface area contributed by atoms with Crippen molar-refractivity contribution in [1.29, 1.82) is 0 Å². The molecule has 1 saturated carbocycles. The van der Waals surface area contributed by atoms with Crippen LogP contribution in [0.2, 0.25) is 5.02 Å². The second-order valence-corrected chi connectivity index (χ2v) is 8.45. The Morgan fingerprint density at radius 1 is 1.12 bits per heavy atom. The molecule has 1 aliphatic rings. The number of carboxylic acid groups (broad SMARTS) is 1. The van der Waals surface area contributed by atoms with Crippen molar-refractivity contribution in [2.75, 3.05) is 14.2 Å². The first-order valence-corrected chi connectivity index (χ1v) is 10.6. The number of hydrogen-bond acceptors (Lipinski definition) is 4. The van der Waals surface area contributed by atoms with Gasteiger partial charge in [0.05, 0.1) is 25.2 Å². The standard InChI is InChI=1S/C23H22ClF4NO5/c1-33-18-4-3-12(10-16(18)24)15-9-13(11-17(25)19(15)34-2)20(30)29-22(21(31)32)7-5-14(6-8-22)23(26,27)28/h3-4,9-11,14H,5-8H2,1-2H3,(H,29,30)(H,31,32). The van der Waals surface area contributed by atoms with Crippen molar-refractivity contribution in [1.82, 2.24) is 5.32 Å². The van der Waals surface area contributed by atoms with Gasteiger partial charge in [0.25, 0.3) is 5.91 Å². The summed E-state index contributed by atoms with van der Waals surface area (Å²) in [5.74, 6) is -4.70. The highest BCUT2D eigenvalue weighted by atomic mass is 35.5. The van der Waals surface area contributed by atoms with Gasteiger partial charge in [-0.05, 0) is 55.5 Å². The minimum absolute atomic E-state index is 0.169. The van der Waals surface area contributed by atoms with Crippen molar-refractivity contribution in [3.05, 3.63) is 46.7 Å². The second-order valence-electron chi connectivity index (χ2n) is 8.05. The molecule has 0 heterocycles. The summed E-state index contributed by atoms with van der Waals surface area (Å²) < 4.78 is 64.1. The first-order valence-electron chi connectivity index (χ1n) is 10.3. The lowest BCUT2D eigenvalue weighted by molar-refractivity contribution is -0.187. The number of alkyl halides is 3. The maximum atomic E-state index is 14.8. The Labute approximate surface area is 197 Å². The molecule has 0 bridgehead atoms. The highest BCUT2D eigenvalue weighted by Gasteiger charge is 2.49. The van der Waals surface area contributed by atoms with Gasteiger partial charge in [-0.2, -0.15) is 13.2 Å². The summed E-state index contributed by atoms with van der Waals surface area (Å²) in [5, 5.41) is 12.3. The number of methoxy groups -OCH3 is 2. The number of carboxylic acids is 1. The summed E-state index contributed by atoms with van der Waals surface area (Å²) in [4.78, 5) is 24.9. The van der Waals surface area contributed by atoms with Crippen LogP contribution in [-0.4, -0.2) is 42.9 Å². The largest absolute Gasteiger partial charge is 0.495 e. The Morgan fingerprint density at radius 2 is 1.76 bits per heavy atom. The van der Waals surface area contributed by atoms with Crippen molar-refractivity contribution >= 4 is 23.5 Å². The van der Waals surface area contributed by atoms with Crippen LogP contribution in [-0.2, 0) is 4.79 Å². The van der Waals surface area contributed by atoms with E-state index in [0.29, 0.717) is 11.3 Å². The lowest BCUT2D eigenvalue weighted by atomic mass is 9.76. The second kappa shape index (κ2) is 9.69. The quantitative estimate of drug-likeness (QED) is 0.511. The summed E-state index contributed by atoms with van der Waals surface area (Å²) in [6.45, 7) is 0. The number of benzene rings is 2. The maximum absolute atomic E-state index is 14.8. The molecule has 0 atom stereocenters. The molecule has 0 spiro atoms. The molecule has 3 rings (SSSR count). The fourth-order valence-corrected chi connectivity index (χ4v) is 4.36. The first-order chi connectivity index (χ1) is 15.9. The Bertz CT molecular complexity index is 1100. The summed E-state index contributed by atoms with van der Waals surface area (Å²) in [6, 6.07) is 6.77. The van der Waals surface area contributed by atoms with Gasteiger partial charge in [-0.1, -0.05) is 17.7 Å². The van der Waals surface area contributed by atoms with E-state index >= 15 is 0 Å². The lowest BCUT2D eigenvalue weighted by Crippen LogP contribution is -2.57. The molecular weight excluding hydrogens is 482 g/mol. The van der Waals surface area contributed by atoms with E-state index < -0.39 is 61.0 Å². The third-order valence-electron chi connectivity index (χ3n) is 6.04. The molecule has 6 nitrogen and oxygen atoms in total. The van der Waals surface area contributed by atoms with Gasteiger partial charge in [-0.15, -0.1) is 0 Å². The smallest absolute Gasteiger partial charge is 0.391 e. The van der Waals surface area contributed by atoms with Crippen LogP contribution >= 0.6 is 11.6 Å². The van der Waals surface area contributed by atoms with Crippen molar-refractivity contribution in [2.45, 2.75) is 37.4 Å². The number of hydrogen-bond donors (Lipinski definition) is 2. The molecule has 184 valence electrons. The summed E-state index contributed by atoms with van der Waals surface area (Å²) in [5.41, 5.74) is -1.55. The maximum Gasteiger partial charge on any atom is 0.391 e. The van der Waals surface area contributed by atoms with Crippen LogP contribution in [0.3, 0.4) is 0 Å². The first kappa shape index (κ1) is 25.6. The number of carbonyl (C=O) groups is 2. The number of carbonyl (C=O) groups excluding carboxylic acids is 1. The third kappa shape index (κ3) is 5.06. The van der Waals surface area contributed by atoms with Crippen molar-refractivity contribution in [3.63, 3.8) is 0 Å². The summed E-state index contributed by atoms with van der Waals surface area (Å²) >= 11 is 6.16. The molecule has 1 aliphatic carbocycles. The number of amides is 1. The molecule has 0 unspecified atom stereocenters. The van der Waals surface area contributed by atoms with Gasteiger partial charge in [-0.3, -0.25) is 4.79 Å². The van der Waals surface area contributed by atoms with Gasteiger partial charge in [0.15, 0.2) is 11.6 Å². The fourth-order valence-electron chi connectivity index (χ4n) is 4.10. The Balaban J connectivity index is 1.94. The monoisotopic (exact) mass is 503 g/mol. The molecule has 34 heavy (non-hydrogen) atoms. The molecular formula is C23H22ClF4NO5. The highest BCUT2D eigenvalue weighted by molar-refractivity contribution is 6.32. The number of rotatable bonds is 6. The number of ether oxygens (including phenoxy) is 2. The van der Waals surface area contributed by atoms with E-state index in [0.717, 1.165) is 6.07 Å². The molecule has 2 aromatic rings. The molecule has 0 aromatic heterocycles. The Kier molecular flexibility index (Phi) is 7.30. The van der Waals surface area contributed by atoms with Crippen LogP contribution in [0.25, 0.3) is 11.1 Å². The Hall–Kier alpha value is -3.01. The van der Waals surface area contributed by atoms with E-state index in [2.05, 4.69) is 5.32 Å². The van der Waals surface area contributed by atoms with Crippen molar-refractivity contribution < 1.29 is 41.7 Å². The SMILES string of the molecule is COc1ccc(-c2cc(C(=O)NC3(C(=O)O)CCC(C(F)(F)F)CC3)cc(F)c2OC)cc1Cl. The van der Waals surface area contributed by atoms with Crippen LogP contribution < -0.4 is 14.8 Å². The van der Waals surface area contributed by atoms with Crippen LogP contribution in [0, 0.1) is 11.7 Å². The zero-order chi connectivity index (χ0) is 25.3. The van der Waals surface area contributed by atoms with E-state index in [-0.39, 0.29) is 21.9 Å². The molecule has 1 amide bonds. The van der Waals surface area contributed by atoms with Crippen molar-refractivity contribution in [2.24, 2.45) is 5.92 Å². The number of aliphatic carboxylic acids is 1. The predicted molar refractivity (Wildman–Crippen MR) is 116 cm³/mol. The van der Waals surface area contributed by atoms with E-state index in [9.17, 15) is 32.3 Å². The molecule has 2 N–H and O–H groups in total. The molecule has 11 heteroatoms. The Morgan fingerprint density at radius 3 is 2.26 bits per heavy atom. The summed E-state index contributed by atoms with van der Waals surface area (Å²) in [6.07, 6.45) is -6.14. The van der Waals surface area contributed by atoms with Gasteiger partial charge in [-0.25, -0.2) is 9.18 Å². The van der Waals surface area contributed by atoms with E-state index in [4.69, 9.17) is 21.1 Å². The van der Waals surface area contributed by atoms with Gasteiger partial charge >= 0.3 is 12.1 Å².